The Balaban J connectivity index is 1.69. The van der Waals surface area contributed by atoms with E-state index in [0.717, 1.165) is 28.3 Å². The first-order chi connectivity index (χ1) is 14.5. The second kappa shape index (κ2) is 6.88. The first-order valence-corrected chi connectivity index (χ1v) is 9.07. The summed E-state index contributed by atoms with van der Waals surface area (Å²) < 4.78 is 50.4. The van der Waals surface area contributed by atoms with Gasteiger partial charge in [0.15, 0.2) is 5.76 Å². The predicted octanol–water partition coefficient (Wildman–Crippen LogP) is 6.85. The topological polar surface area (TPSA) is 48.2 Å². The molecule has 2 aromatic heterocycles. The number of benzene rings is 3. The molecule has 0 N–H and O–H groups in total. The summed E-state index contributed by atoms with van der Waals surface area (Å²) in [5.74, 6) is 0.679. The zero-order chi connectivity index (χ0) is 20.7. The van der Waals surface area contributed by atoms with E-state index in [1.165, 1.54) is 18.4 Å². The molecule has 5 rings (SSSR count). The fourth-order valence-corrected chi connectivity index (χ4v) is 3.33. The quantitative estimate of drug-likeness (QED) is 0.307. The molecule has 4 nitrogen and oxygen atoms in total. The molecule has 0 bridgehead atoms. The molecule has 0 unspecified atom stereocenters. The first kappa shape index (κ1) is 18.2. The third-order valence-corrected chi connectivity index (χ3v) is 4.74. The minimum atomic E-state index is -4.47. The lowest BCUT2D eigenvalue weighted by molar-refractivity contribution is -0.137. The largest absolute Gasteiger partial charge is 0.463 e. The lowest BCUT2D eigenvalue weighted by atomic mass is 10.0. The molecule has 0 aliphatic rings. The molecule has 0 saturated heterocycles. The molecule has 0 radical (unpaired) electrons. The van der Waals surface area contributed by atoms with Crippen LogP contribution in [-0.2, 0) is 6.18 Å². The highest BCUT2D eigenvalue weighted by Crippen LogP contribution is 2.37. The normalized spacial score (nSPS) is 11.8. The average molecular weight is 406 g/mol. The van der Waals surface area contributed by atoms with Crippen molar-refractivity contribution in [2.75, 3.05) is 0 Å². The van der Waals surface area contributed by atoms with Crippen LogP contribution >= 0.6 is 0 Å². The minimum Gasteiger partial charge on any atom is -0.463 e. The van der Waals surface area contributed by atoms with Gasteiger partial charge < -0.3 is 9.15 Å². The maximum atomic E-state index is 13.1. The van der Waals surface area contributed by atoms with E-state index in [4.69, 9.17) is 9.15 Å². The van der Waals surface area contributed by atoms with Gasteiger partial charge >= 0.3 is 6.18 Å². The molecule has 0 atom stereocenters. The molecule has 0 saturated carbocycles. The van der Waals surface area contributed by atoms with Crippen LogP contribution in [0.4, 0.5) is 13.2 Å². The Morgan fingerprint density at radius 1 is 0.767 bits per heavy atom. The highest BCUT2D eigenvalue weighted by Gasteiger charge is 2.30. The molecule has 30 heavy (non-hydrogen) atoms. The van der Waals surface area contributed by atoms with Gasteiger partial charge in [-0.2, -0.15) is 13.2 Å². The average Bonchev–Trinajstić information content (AvgIpc) is 3.27. The van der Waals surface area contributed by atoms with E-state index in [1.54, 1.807) is 12.1 Å². The van der Waals surface area contributed by atoms with Crippen LogP contribution in [0, 0.1) is 0 Å². The number of furan rings is 1. The second-order valence-electron chi connectivity index (χ2n) is 6.70. The van der Waals surface area contributed by atoms with Crippen molar-refractivity contribution in [3.63, 3.8) is 0 Å². The zero-order valence-corrected chi connectivity index (χ0v) is 15.4. The Hall–Kier alpha value is -3.87. The molecular weight excluding hydrogens is 393 g/mol. The number of rotatable bonds is 3. The summed E-state index contributed by atoms with van der Waals surface area (Å²) in [6.07, 6.45) is -2.93. The van der Waals surface area contributed by atoms with Gasteiger partial charge in [0.05, 0.1) is 11.8 Å². The summed E-state index contributed by atoms with van der Waals surface area (Å²) >= 11 is 0. The number of aromatic nitrogens is 2. The maximum Gasteiger partial charge on any atom is 0.416 e. The van der Waals surface area contributed by atoms with Crippen LogP contribution in [-0.4, -0.2) is 10.2 Å². The maximum absolute atomic E-state index is 13.1. The highest BCUT2D eigenvalue weighted by atomic mass is 19.4. The Labute approximate surface area is 168 Å². The zero-order valence-electron chi connectivity index (χ0n) is 15.4. The molecule has 148 valence electrons. The van der Waals surface area contributed by atoms with E-state index in [1.807, 2.05) is 36.4 Å². The van der Waals surface area contributed by atoms with Gasteiger partial charge in [0.2, 0.25) is 5.88 Å². The van der Waals surface area contributed by atoms with Crippen LogP contribution in [0.25, 0.3) is 33.0 Å². The van der Waals surface area contributed by atoms with Crippen molar-refractivity contribution in [3.8, 4) is 23.1 Å². The third kappa shape index (κ3) is 3.24. The smallest absolute Gasteiger partial charge is 0.416 e. The van der Waals surface area contributed by atoms with Gasteiger partial charge in [-0.25, -0.2) is 0 Å². The number of halogens is 3. The number of fused-ring (bicyclic) bond motifs is 2. The van der Waals surface area contributed by atoms with Crippen molar-refractivity contribution in [1.82, 2.24) is 10.2 Å². The predicted molar refractivity (Wildman–Crippen MR) is 106 cm³/mol. The van der Waals surface area contributed by atoms with Gasteiger partial charge in [0, 0.05) is 10.8 Å². The number of nitrogens with zero attached hydrogens (tertiary/aromatic N) is 2. The minimum absolute atomic E-state index is 0.0272. The van der Waals surface area contributed by atoms with Gasteiger partial charge in [-0.1, -0.05) is 30.3 Å². The molecule has 7 heteroatoms. The Morgan fingerprint density at radius 2 is 1.53 bits per heavy atom. The standard InChI is InChI=1S/C23H13F3N2O2/c24-23(25,26)16-7-3-8-17(13-16)30-22-19-12-15-6-2-1-5-14(15)11-18(19)21(27-28-22)20-9-4-10-29-20/h1-13H. The van der Waals surface area contributed by atoms with E-state index in [0.29, 0.717) is 16.8 Å². The van der Waals surface area contributed by atoms with Crippen LogP contribution in [0.1, 0.15) is 5.56 Å². The first-order valence-electron chi connectivity index (χ1n) is 9.07. The van der Waals surface area contributed by atoms with E-state index < -0.39 is 11.7 Å². The van der Waals surface area contributed by atoms with Crippen LogP contribution in [0.2, 0.25) is 0 Å². The number of alkyl halides is 3. The lowest BCUT2D eigenvalue weighted by Gasteiger charge is -2.12. The summed E-state index contributed by atoms with van der Waals surface area (Å²) in [5.41, 5.74) is -0.271. The summed E-state index contributed by atoms with van der Waals surface area (Å²) in [5, 5.41) is 11.6. The van der Waals surface area contributed by atoms with Crippen molar-refractivity contribution in [2.24, 2.45) is 0 Å². The number of ether oxygens (including phenoxy) is 1. The van der Waals surface area contributed by atoms with E-state index in [-0.39, 0.29) is 11.6 Å². The van der Waals surface area contributed by atoms with Crippen LogP contribution in [0.5, 0.6) is 11.6 Å². The van der Waals surface area contributed by atoms with Gasteiger partial charge in [0.25, 0.3) is 0 Å². The van der Waals surface area contributed by atoms with Crippen molar-refractivity contribution in [3.05, 3.63) is 84.6 Å². The SMILES string of the molecule is FC(F)(F)c1cccc(Oc2nnc(-c3ccco3)c3cc4ccccc4cc23)c1. The molecule has 3 aromatic carbocycles. The van der Waals surface area contributed by atoms with Crippen LogP contribution < -0.4 is 4.74 Å². The van der Waals surface area contributed by atoms with Crippen molar-refractivity contribution in [2.45, 2.75) is 6.18 Å². The number of hydrogen-bond acceptors (Lipinski definition) is 4. The Kier molecular flexibility index (Phi) is 4.17. The van der Waals surface area contributed by atoms with Crippen molar-refractivity contribution < 1.29 is 22.3 Å². The molecule has 2 heterocycles. The third-order valence-electron chi connectivity index (χ3n) is 4.74. The number of hydrogen-bond donors (Lipinski definition) is 0. The molecule has 0 aliphatic heterocycles. The van der Waals surface area contributed by atoms with Crippen LogP contribution in [0.15, 0.2) is 83.5 Å². The molecule has 0 amide bonds. The van der Waals surface area contributed by atoms with Crippen molar-refractivity contribution in [1.29, 1.82) is 0 Å². The monoisotopic (exact) mass is 406 g/mol. The molecule has 5 aromatic rings. The highest BCUT2D eigenvalue weighted by molar-refractivity contribution is 6.05. The molecule has 0 aliphatic carbocycles. The van der Waals surface area contributed by atoms with Gasteiger partial charge in [0.1, 0.15) is 11.4 Å². The van der Waals surface area contributed by atoms with Crippen molar-refractivity contribution >= 4 is 21.5 Å². The van der Waals surface area contributed by atoms with Gasteiger partial charge in [-0.05, 0) is 53.2 Å². The fourth-order valence-electron chi connectivity index (χ4n) is 3.33. The van der Waals surface area contributed by atoms with E-state index >= 15 is 0 Å². The Morgan fingerprint density at radius 3 is 2.23 bits per heavy atom. The van der Waals surface area contributed by atoms with E-state index in [2.05, 4.69) is 10.2 Å². The summed E-state index contributed by atoms with van der Waals surface area (Å²) in [6, 6.07) is 19.8. The summed E-state index contributed by atoms with van der Waals surface area (Å²) in [6.45, 7) is 0. The van der Waals surface area contributed by atoms with Gasteiger partial charge in [-0.3, -0.25) is 0 Å². The van der Waals surface area contributed by atoms with Crippen LogP contribution in [0.3, 0.4) is 0 Å². The fraction of sp³-hybridized carbons (Fsp3) is 0.0435. The Bertz CT molecular complexity index is 1360. The lowest BCUT2D eigenvalue weighted by Crippen LogP contribution is -2.04. The molecular formula is C23H13F3N2O2. The molecule has 0 spiro atoms. The summed E-state index contributed by atoms with van der Waals surface area (Å²) in [4.78, 5) is 0. The summed E-state index contributed by atoms with van der Waals surface area (Å²) in [7, 11) is 0. The second-order valence-corrected chi connectivity index (χ2v) is 6.70. The molecule has 0 fully saturated rings. The van der Waals surface area contributed by atoms with E-state index in [9.17, 15) is 13.2 Å². The van der Waals surface area contributed by atoms with Gasteiger partial charge in [-0.15, -0.1) is 10.2 Å².